The maximum absolute atomic E-state index is 13.1. The van der Waals surface area contributed by atoms with E-state index < -0.39 is 0 Å². The molecule has 2 rings (SSSR count). The maximum atomic E-state index is 13.1. The van der Waals surface area contributed by atoms with Crippen molar-refractivity contribution in [2.45, 2.75) is 19.4 Å². The summed E-state index contributed by atoms with van der Waals surface area (Å²) < 4.78 is 13.1. The first kappa shape index (κ1) is 12.0. The lowest BCUT2D eigenvalue weighted by molar-refractivity contribution is 0.313. The molecule has 17 heavy (non-hydrogen) atoms. The number of halogens is 1. The average Bonchev–Trinajstić information content (AvgIpc) is 3.04. The van der Waals surface area contributed by atoms with E-state index in [1.54, 1.807) is 6.07 Å². The van der Waals surface area contributed by atoms with Gasteiger partial charge in [-0.2, -0.15) is 0 Å². The molecule has 3 nitrogen and oxygen atoms in total. The molecule has 0 unspecified atom stereocenters. The third-order valence-corrected chi connectivity index (χ3v) is 3.07. The van der Waals surface area contributed by atoms with Gasteiger partial charge in [-0.05, 0) is 43.5 Å². The van der Waals surface area contributed by atoms with Crippen LogP contribution in [-0.4, -0.2) is 24.3 Å². The summed E-state index contributed by atoms with van der Waals surface area (Å²) in [7, 11) is 2.05. The molecule has 1 aliphatic rings. The fourth-order valence-electron chi connectivity index (χ4n) is 2.03. The number of nitrogens with two attached hydrogens (primary N) is 1. The smallest absolute Gasteiger partial charge is 0.123 e. The molecule has 0 atom stereocenters. The highest BCUT2D eigenvalue weighted by atomic mass is 19.1. The van der Waals surface area contributed by atoms with Gasteiger partial charge in [-0.1, -0.05) is 6.07 Å². The Kier molecular flexibility index (Phi) is 3.43. The van der Waals surface area contributed by atoms with Crippen LogP contribution in [-0.2, 0) is 6.54 Å². The predicted molar refractivity (Wildman–Crippen MR) is 66.5 cm³/mol. The molecule has 1 aromatic rings. The van der Waals surface area contributed by atoms with Crippen LogP contribution < -0.4 is 5.73 Å². The third kappa shape index (κ3) is 3.27. The van der Waals surface area contributed by atoms with Crippen molar-refractivity contribution in [3.8, 4) is 0 Å². The van der Waals surface area contributed by atoms with E-state index in [4.69, 9.17) is 11.1 Å². The summed E-state index contributed by atoms with van der Waals surface area (Å²) in [6, 6.07) is 4.48. The molecule has 1 fully saturated rings. The van der Waals surface area contributed by atoms with Crippen LogP contribution in [0.4, 0.5) is 4.39 Å². The van der Waals surface area contributed by atoms with Gasteiger partial charge in [-0.3, -0.25) is 5.41 Å². The van der Waals surface area contributed by atoms with Crippen molar-refractivity contribution in [1.29, 1.82) is 5.41 Å². The van der Waals surface area contributed by atoms with E-state index in [1.807, 2.05) is 7.05 Å². The summed E-state index contributed by atoms with van der Waals surface area (Å²) in [5.74, 6) is 0.407. The van der Waals surface area contributed by atoms with Crippen LogP contribution in [0.15, 0.2) is 18.2 Å². The van der Waals surface area contributed by atoms with Crippen LogP contribution in [0.25, 0.3) is 0 Å². The minimum absolute atomic E-state index is 0.0701. The lowest BCUT2D eigenvalue weighted by atomic mass is 10.1. The topological polar surface area (TPSA) is 53.1 Å². The predicted octanol–water partition coefficient (Wildman–Crippen LogP) is 1.95. The van der Waals surface area contributed by atoms with Gasteiger partial charge in [0.05, 0.1) is 0 Å². The highest BCUT2D eigenvalue weighted by molar-refractivity contribution is 5.96. The van der Waals surface area contributed by atoms with Crippen molar-refractivity contribution >= 4 is 5.84 Å². The zero-order chi connectivity index (χ0) is 12.4. The van der Waals surface area contributed by atoms with Gasteiger partial charge in [0.1, 0.15) is 11.7 Å². The first-order valence-electron chi connectivity index (χ1n) is 5.87. The lowest BCUT2D eigenvalue weighted by Gasteiger charge is -2.18. The quantitative estimate of drug-likeness (QED) is 0.605. The molecule has 0 aliphatic heterocycles. The molecule has 0 heterocycles. The Bertz CT molecular complexity index is 427. The van der Waals surface area contributed by atoms with E-state index in [-0.39, 0.29) is 11.7 Å². The van der Waals surface area contributed by atoms with E-state index in [0.29, 0.717) is 12.1 Å². The molecule has 0 saturated heterocycles. The van der Waals surface area contributed by atoms with E-state index >= 15 is 0 Å². The SMILES string of the molecule is CN(Cc1ccc(F)cc1C(=N)N)CC1CC1. The molecule has 0 bridgehead atoms. The molecule has 1 aromatic carbocycles. The van der Waals surface area contributed by atoms with Crippen LogP contribution >= 0.6 is 0 Å². The Balaban J connectivity index is 2.10. The van der Waals surface area contributed by atoms with Crippen molar-refractivity contribution in [3.05, 3.63) is 35.1 Å². The van der Waals surface area contributed by atoms with Gasteiger partial charge in [0.2, 0.25) is 0 Å². The third-order valence-electron chi connectivity index (χ3n) is 3.07. The fourth-order valence-corrected chi connectivity index (χ4v) is 2.03. The second-order valence-corrected chi connectivity index (χ2v) is 4.86. The second-order valence-electron chi connectivity index (χ2n) is 4.86. The fraction of sp³-hybridized carbons (Fsp3) is 0.462. The molecule has 1 aliphatic carbocycles. The van der Waals surface area contributed by atoms with Crippen LogP contribution in [0.2, 0.25) is 0 Å². The largest absolute Gasteiger partial charge is 0.384 e. The van der Waals surface area contributed by atoms with E-state index in [2.05, 4.69) is 4.90 Å². The highest BCUT2D eigenvalue weighted by Crippen LogP contribution is 2.29. The van der Waals surface area contributed by atoms with Gasteiger partial charge < -0.3 is 10.6 Å². The first-order chi connectivity index (χ1) is 8.06. The summed E-state index contributed by atoms with van der Waals surface area (Å²) in [5.41, 5.74) is 6.90. The number of amidine groups is 1. The van der Waals surface area contributed by atoms with E-state index in [9.17, 15) is 4.39 Å². The molecule has 0 spiro atoms. The van der Waals surface area contributed by atoms with E-state index in [0.717, 1.165) is 18.0 Å². The summed E-state index contributed by atoms with van der Waals surface area (Å²) in [5, 5.41) is 7.46. The van der Waals surface area contributed by atoms with Gasteiger partial charge in [-0.25, -0.2) is 4.39 Å². The van der Waals surface area contributed by atoms with Gasteiger partial charge in [-0.15, -0.1) is 0 Å². The number of nitrogens with zero attached hydrogens (tertiary/aromatic N) is 1. The van der Waals surface area contributed by atoms with Crippen LogP contribution in [0.5, 0.6) is 0 Å². The summed E-state index contributed by atoms with van der Waals surface area (Å²) in [4.78, 5) is 2.21. The minimum atomic E-state index is -0.344. The Morgan fingerprint density at radius 3 is 2.82 bits per heavy atom. The van der Waals surface area contributed by atoms with Crippen LogP contribution in [0.3, 0.4) is 0 Å². The van der Waals surface area contributed by atoms with Crippen molar-refractivity contribution in [1.82, 2.24) is 4.90 Å². The minimum Gasteiger partial charge on any atom is -0.384 e. The molecular weight excluding hydrogens is 217 g/mol. The molecule has 3 N–H and O–H groups in total. The van der Waals surface area contributed by atoms with Crippen molar-refractivity contribution < 1.29 is 4.39 Å². The number of rotatable bonds is 5. The average molecular weight is 235 g/mol. The second kappa shape index (κ2) is 4.84. The molecule has 92 valence electrons. The standard InChI is InChI=1S/C13H18FN3/c1-17(7-9-2-3-9)8-10-4-5-11(14)6-12(10)13(15)16/h4-6,9H,2-3,7-8H2,1H3,(H3,15,16). The van der Waals surface area contributed by atoms with Crippen molar-refractivity contribution in [2.75, 3.05) is 13.6 Å². The highest BCUT2D eigenvalue weighted by Gasteiger charge is 2.23. The van der Waals surface area contributed by atoms with Gasteiger partial charge in [0, 0.05) is 18.7 Å². The molecular formula is C13H18FN3. The Labute approximate surface area is 101 Å². The normalized spacial score (nSPS) is 15.2. The summed E-state index contributed by atoms with van der Waals surface area (Å²) in [6.45, 7) is 1.78. The van der Waals surface area contributed by atoms with Gasteiger partial charge in [0.25, 0.3) is 0 Å². The molecule has 4 heteroatoms. The lowest BCUT2D eigenvalue weighted by Crippen LogP contribution is -2.23. The summed E-state index contributed by atoms with van der Waals surface area (Å²) in [6.07, 6.45) is 2.63. The van der Waals surface area contributed by atoms with Gasteiger partial charge in [0.15, 0.2) is 0 Å². The number of nitrogen functional groups attached to an aromatic ring is 1. The molecule has 0 radical (unpaired) electrons. The zero-order valence-electron chi connectivity index (χ0n) is 10.0. The van der Waals surface area contributed by atoms with Crippen LogP contribution in [0, 0.1) is 17.1 Å². The Hall–Kier alpha value is -1.42. The van der Waals surface area contributed by atoms with Crippen LogP contribution in [0.1, 0.15) is 24.0 Å². The molecule has 0 amide bonds. The number of nitrogens with one attached hydrogen (secondary N) is 1. The van der Waals surface area contributed by atoms with Gasteiger partial charge >= 0.3 is 0 Å². The number of hydrogen-bond donors (Lipinski definition) is 2. The van der Waals surface area contributed by atoms with E-state index in [1.165, 1.54) is 25.0 Å². The summed E-state index contributed by atoms with van der Waals surface area (Å²) >= 11 is 0. The molecule has 1 saturated carbocycles. The van der Waals surface area contributed by atoms with Crippen molar-refractivity contribution in [2.24, 2.45) is 11.7 Å². The Morgan fingerprint density at radius 2 is 2.24 bits per heavy atom. The van der Waals surface area contributed by atoms with Crippen molar-refractivity contribution in [3.63, 3.8) is 0 Å². The first-order valence-corrected chi connectivity index (χ1v) is 5.87. The monoisotopic (exact) mass is 235 g/mol. The zero-order valence-corrected chi connectivity index (χ0v) is 10.0. The number of benzene rings is 1. The maximum Gasteiger partial charge on any atom is 0.123 e. The Morgan fingerprint density at radius 1 is 1.53 bits per heavy atom. The number of hydrogen-bond acceptors (Lipinski definition) is 2. The molecule has 0 aromatic heterocycles.